The number of hydrogen-bond acceptors (Lipinski definition) is 3. The second kappa shape index (κ2) is 11.3. The van der Waals surface area contributed by atoms with E-state index in [0.717, 1.165) is 23.4 Å². The molecule has 178 valence electrons. The first-order valence-corrected chi connectivity index (χ1v) is 11.2. The quantitative estimate of drug-likeness (QED) is 0.311. The van der Waals surface area contributed by atoms with Gasteiger partial charge in [0.2, 0.25) is 0 Å². The molecule has 2 aromatic carbocycles. The number of carbonyl (C=O) groups is 1. The average Bonchev–Trinajstić information content (AvgIpc) is 2.79. The zero-order chi connectivity index (χ0) is 24.7. The van der Waals surface area contributed by atoms with Crippen LogP contribution in [-0.2, 0) is 28.7 Å². The van der Waals surface area contributed by atoms with E-state index in [0.29, 0.717) is 17.7 Å². The number of alkyl halides is 3. The van der Waals surface area contributed by atoms with Crippen molar-refractivity contribution in [2.24, 2.45) is 11.8 Å². The summed E-state index contributed by atoms with van der Waals surface area (Å²) in [5, 5.41) is -0.0404. The molecule has 0 aliphatic rings. The zero-order valence-electron chi connectivity index (χ0n) is 18.9. The Morgan fingerprint density at radius 3 is 2.38 bits per heavy atom. The first kappa shape index (κ1) is 25.5. The maximum absolute atomic E-state index is 12.8. The van der Waals surface area contributed by atoms with E-state index >= 15 is 0 Å². The van der Waals surface area contributed by atoms with Crippen molar-refractivity contribution in [2.45, 2.75) is 33.1 Å². The van der Waals surface area contributed by atoms with E-state index in [1.165, 1.54) is 6.07 Å². The summed E-state index contributed by atoms with van der Waals surface area (Å²) in [5.41, 5.74) is 2.21. The fourth-order valence-electron chi connectivity index (χ4n) is 3.37. The van der Waals surface area contributed by atoms with Gasteiger partial charge in [0, 0.05) is 17.1 Å². The maximum atomic E-state index is 12.8. The smallest absolute Gasteiger partial charge is 0.416 e. The van der Waals surface area contributed by atoms with E-state index in [4.69, 9.17) is 16.3 Å². The molecule has 0 saturated carbocycles. The zero-order valence-corrected chi connectivity index (χ0v) is 19.6. The van der Waals surface area contributed by atoms with Crippen molar-refractivity contribution < 1.29 is 22.7 Å². The number of esters is 1. The number of ether oxygens (including phenoxy) is 1. The minimum absolute atomic E-state index is 0.0273. The summed E-state index contributed by atoms with van der Waals surface area (Å²) < 4.78 is 44.0. The van der Waals surface area contributed by atoms with Gasteiger partial charge in [0.05, 0.1) is 17.2 Å². The Labute approximate surface area is 202 Å². The lowest BCUT2D eigenvalue weighted by atomic mass is 9.94. The van der Waals surface area contributed by atoms with Gasteiger partial charge in [0.25, 0.3) is 0 Å². The molecule has 0 spiro atoms. The van der Waals surface area contributed by atoms with Crippen molar-refractivity contribution in [3.05, 3.63) is 106 Å². The second-order valence-corrected chi connectivity index (χ2v) is 8.66. The third-order valence-corrected chi connectivity index (χ3v) is 5.58. The highest BCUT2D eigenvalue weighted by Gasteiger charge is 2.30. The van der Waals surface area contributed by atoms with Gasteiger partial charge in [-0.3, -0.25) is 9.78 Å². The van der Waals surface area contributed by atoms with Gasteiger partial charge in [0.1, 0.15) is 6.61 Å². The minimum Gasteiger partial charge on any atom is -0.459 e. The normalized spacial score (nSPS) is 12.8. The summed E-state index contributed by atoms with van der Waals surface area (Å²) in [6.45, 7) is 3.76. The van der Waals surface area contributed by atoms with E-state index < -0.39 is 23.6 Å². The summed E-state index contributed by atoms with van der Waals surface area (Å²) in [6.07, 6.45) is -0.635. The van der Waals surface area contributed by atoms with Gasteiger partial charge in [-0.25, -0.2) is 0 Å². The van der Waals surface area contributed by atoms with Crippen LogP contribution >= 0.6 is 11.6 Å². The van der Waals surface area contributed by atoms with Crippen molar-refractivity contribution in [1.82, 2.24) is 4.98 Å². The molecular weight excluding hydrogens is 463 g/mol. The number of aromatic nitrogens is 1. The largest absolute Gasteiger partial charge is 0.459 e. The monoisotopic (exact) mass is 487 g/mol. The van der Waals surface area contributed by atoms with E-state index in [-0.39, 0.29) is 17.5 Å². The number of rotatable bonds is 8. The van der Waals surface area contributed by atoms with Crippen molar-refractivity contribution in [2.75, 3.05) is 0 Å². The Hall–Kier alpha value is -3.12. The molecule has 0 bridgehead atoms. The lowest BCUT2D eigenvalue weighted by Crippen LogP contribution is -2.21. The standard InChI is InChI=1S/C27H25ClF3NO2/c1-18(2)24(14-12-20-11-13-21(16-25(20)28)27(29,30)31)26(33)34-17-23-10-6-9-22(32-23)15-19-7-4-3-5-8-19/h3-14,16,18,24H,15,17H2,1-2H3/b14-12+. The second-order valence-electron chi connectivity index (χ2n) is 8.25. The summed E-state index contributed by atoms with van der Waals surface area (Å²) in [6, 6.07) is 18.7. The van der Waals surface area contributed by atoms with Gasteiger partial charge in [-0.15, -0.1) is 0 Å². The first-order valence-electron chi connectivity index (χ1n) is 10.8. The highest BCUT2D eigenvalue weighted by atomic mass is 35.5. The summed E-state index contributed by atoms with van der Waals surface area (Å²) in [5.74, 6) is -1.12. The maximum Gasteiger partial charge on any atom is 0.416 e. The molecule has 0 radical (unpaired) electrons. The van der Waals surface area contributed by atoms with Crippen molar-refractivity contribution in [1.29, 1.82) is 0 Å². The molecular formula is C27H25ClF3NO2. The SMILES string of the molecule is CC(C)C(/C=C/c1ccc(C(F)(F)F)cc1Cl)C(=O)OCc1cccc(Cc2ccccc2)n1. The molecule has 3 rings (SSSR count). The third kappa shape index (κ3) is 7.19. The number of carbonyl (C=O) groups excluding carboxylic acids is 1. The minimum atomic E-state index is -4.47. The average molecular weight is 488 g/mol. The molecule has 0 saturated heterocycles. The topological polar surface area (TPSA) is 39.2 Å². The molecule has 3 nitrogen and oxygen atoms in total. The lowest BCUT2D eigenvalue weighted by molar-refractivity contribution is -0.149. The molecule has 1 atom stereocenters. The molecule has 0 amide bonds. The van der Waals surface area contributed by atoms with Crippen LogP contribution in [0, 0.1) is 11.8 Å². The number of hydrogen-bond donors (Lipinski definition) is 0. The Kier molecular flexibility index (Phi) is 8.51. The molecule has 34 heavy (non-hydrogen) atoms. The Morgan fingerprint density at radius 1 is 1.03 bits per heavy atom. The fraction of sp³-hybridized carbons (Fsp3) is 0.259. The fourth-order valence-corrected chi connectivity index (χ4v) is 3.62. The predicted octanol–water partition coefficient (Wildman–Crippen LogP) is 7.37. The van der Waals surface area contributed by atoms with Crippen molar-refractivity contribution in [3.8, 4) is 0 Å². The molecule has 7 heteroatoms. The Balaban J connectivity index is 1.65. The molecule has 1 heterocycles. The van der Waals surface area contributed by atoms with Crippen LogP contribution in [-0.4, -0.2) is 11.0 Å². The summed E-state index contributed by atoms with van der Waals surface area (Å²) in [7, 11) is 0. The van der Waals surface area contributed by atoms with Gasteiger partial charge in [-0.2, -0.15) is 13.2 Å². The van der Waals surface area contributed by atoms with Crippen LogP contribution in [0.4, 0.5) is 13.2 Å². The summed E-state index contributed by atoms with van der Waals surface area (Å²) in [4.78, 5) is 17.3. The molecule has 0 fully saturated rings. The molecule has 0 aliphatic heterocycles. The van der Waals surface area contributed by atoms with E-state index in [2.05, 4.69) is 4.98 Å². The van der Waals surface area contributed by atoms with E-state index in [1.807, 2.05) is 56.3 Å². The van der Waals surface area contributed by atoms with Crippen molar-refractivity contribution >= 4 is 23.6 Å². The lowest BCUT2D eigenvalue weighted by Gasteiger charge is -2.16. The molecule has 3 aromatic rings. The third-order valence-electron chi connectivity index (χ3n) is 5.26. The van der Waals surface area contributed by atoms with Crippen LogP contribution < -0.4 is 0 Å². The van der Waals surface area contributed by atoms with Crippen LogP contribution in [0.2, 0.25) is 5.02 Å². The van der Waals surface area contributed by atoms with Crippen LogP contribution in [0.25, 0.3) is 6.08 Å². The van der Waals surface area contributed by atoms with Crippen LogP contribution in [0.1, 0.15) is 41.9 Å². The predicted molar refractivity (Wildman–Crippen MR) is 127 cm³/mol. The molecule has 1 unspecified atom stereocenters. The van der Waals surface area contributed by atoms with E-state index in [9.17, 15) is 18.0 Å². The van der Waals surface area contributed by atoms with Gasteiger partial charge in [-0.05, 0) is 41.3 Å². The van der Waals surface area contributed by atoms with Gasteiger partial charge < -0.3 is 4.74 Å². The van der Waals surface area contributed by atoms with Crippen LogP contribution in [0.15, 0.2) is 72.8 Å². The highest BCUT2D eigenvalue weighted by molar-refractivity contribution is 6.32. The van der Waals surface area contributed by atoms with Crippen LogP contribution in [0.5, 0.6) is 0 Å². The van der Waals surface area contributed by atoms with Gasteiger partial charge >= 0.3 is 12.1 Å². The Bertz CT molecular complexity index is 1140. The Morgan fingerprint density at radius 2 is 1.74 bits per heavy atom. The highest BCUT2D eigenvalue weighted by Crippen LogP contribution is 2.32. The first-order chi connectivity index (χ1) is 16.1. The van der Waals surface area contributed by atoms with Gasteiger partial charge in [0.15, 0.2) is 0 Å². The molecule has 0 N–H and O–H groups in total. The molecule has 0 aliphatic carbocycles. The number of nitrogens with zero attached hydrogens (tertiary/aromatic N) is 1. The van der Waals surface area contributed by atoms with E-state index in [1.54, 1.807) is 18.2 Å². The number of halogens is 4. The molecule has 1 aromatic heterocycles. The summed E-state index contributed by atoms with van der Waals surface area (Å²) >= 11 is 6.02. The number of benzene rings is 2. The van der Waals surface area contributed by atoms with Gasteiger partial charge in [-0.1, -0.05) is 80.1 Å². The number of pyridine rings is 1. The van der Waals surface area contributed by atoms with Crippen LogP contribution in [0.3, 0.4) is 0 Å². The van der Waals surface area contributed by atoms with Crippen molar-refractivity contribution in [3.63, 3.8) is 0 Å².